The van der Waals surface area contributed by atoms with Gasteiger partial charge in [-0.25, -0.2) is 4.79 Å². The van der Waals surface area contributed by atoms with Crippen LogP contribution in [0.5, 0.6) is 0 Å². The van der Waals surface area contributed by atoms with Crippen LogP contribution in [-0.4, -0.2) is 204 Å². The third kappa shape index (κ3) is 19.7. The van der Waals surface area contributed by atoms with Crippen LogP contribution in [0.4, 0.5) is 17.1 Å². The van der Waals surface area contributed by atoms with Gasteiger partial charge < -0.3 is 61.4 Å². The molecule has 11 N–H and O–H groups in total. The second-order valence-electron chi connectivity index (χ2n) is 18.3. The predicted molar refractivity (Wildman–Crippen MR) is 266 cm³/mol. The van der Waals surface area contributed by atoms with Gasteiger partial charge in [-0.2, -0.15) is 17.1 Å². The maximum Gasteiger partial charge on any atom is 0.490 e. The molecule has 0 saturated carbocycles. The van der Waals surface area contributed by atoms with Crippen LogP contribution in [0.25, 0.3) is 0 Å². The Bertz CT molecular complexity index is 1600. The minimum absolute atomic E-state index is 0. The highest BCUT2D eigenvalue weighted by atomic mass is 35.5. The van der Waals surface area contributed by atoms with Gasteiger partial charge in [0.15, 0.2) is 0 Å². The Hall–Kier alpha value is -1.49. The van der Waals surface area contributed by atoms with Crippen molar-refractivity contribution in [2.45, 2.75) is 168 Å². The zero-order valence-corrected chi connectivity index (χ0v) is 44.2. The first-order valence-electron chi connectivity index (χ1n) is 23.4. The normalized spacial score (nSPS) is 35.8. The summed E-state index contributed by atoms with van der Waals surface area (Å²) in [6.45, 7) is 6.18. The number of nitrogens with zero attached hydrogens (tertiary/aromatic N) is 2. The first-order valence-corrected chi connectivity index (χ1v) is 27.1. The molecule has 17 nitrogen and oxygen atoms in total. The Kier molecular flexibility index (Phi) is 31.1. The van der Waals surface area contributed by atoms with E-state index in [0.29, 0.717) is 11.8 Å². The Morgan fingerprint density at radius 3 is 1.50 bits per heavy atom. The van der Waals surface area contributed by atoms with Crippen molar-refractivity contribution in [2.24, 2.45) is 29.4 Å². The third-order valence-corrected chi connectivity index (χ3v) is 15.0. The molecule has 6 aliphatic rings. The van der Waals surface area contributed by atoms with Crippen molar-refractivity contribution in [3.8, 4) is 0 Å². The van der Waals surface area contributed by atoms with E-state index in [4.69, 9.17) is 30.2 Å². The van der Waals surface area contributed by atoms with Crippen molar-refractivity contribution in [1.82, 2.24) is 15.1 Å². The topological polar surface area (TPSA) is 276 Å². The highest BCUT2D eigenvalue weighted by molar-refractivity contribution is 7.99. The van der Waals surface area contributed by atoms with E-state index in [-0.39, 0.29) is 60.4 Å². The van der Waals surface area contributed by atoms with Crippen molar-refractivity contribution >= 4 is 65.9 Å². The Morgan fingerprint density at radius 1 is 0.729 bits per heavy atom. The SMILES string of the molecule is CCC[C@@H]1C[C@@H](C(=O)N[C@H]([C@H]2C=CCC2)[C@H]2OC(SC)[C@H](O)[C@H](O)C2O)N(C)C1.CCC[C@@H]1C[C@@H](C(=O)O)N(C)C1.CSC1O[C@H]([C@H](N)[C@H]2C=CCC2)C(O)[C@@H](O)[C@H]1O.CSF.Cl.O=C(O)C(F)(F)F. The molecule has 0 bridgehead atoms. The van der Waals surface area contributed by atoms with Gasteiger partial charge >= 0.3 is 18.1 Å². The second-order valence-corrected chi connectivity index (χ2v) is 20.5. The average Bonchev–Trinajstić information content (AvgIpc) is 4.14. The quantitative estimate of drug-likeness (QED) is 0.0931. The first-order chi connectivity index (χ1) is 32.4. The van der Waals surface area contributed by atoms with Gasteiger partial charge in [-0.1, -0.05) is 51.0 Å². The number of carboxylic acids is 2. The van der Waals surface area contributed by atoms with Crippen LogP contribution in [0, 0.1) is 23.7 Å². The number of aliphatic hydroxyl groups is 6. The smallest absolute Gasteiger partial charge is 0.480 e. The van der Waals surface area contributed by atoms with Gasteiger partial charge in [0.25, 0.3) is 0 Å². The number of nitrogens with one attached hydrogen (secondary N) is 1. The number of nitrogens with two attached hydrogens (primary N) is 1. The van der Waals surface area contributed by atoms with Gasteiger partial charge in [0.1, 0.15) is 65.7 Å². The van der Waals surface area contributed by atoms with Crippen LogP contribution in [0.3, 0.4) is 0 Å². The molecule has 25 heteroatoms. The fourth-order valence-corrected chi connectivity index (χ4v) is 11.0. The summed E-state index contributed by atoms with van der Waals surface area (Å²) in [4.78, 5) is 36.9. The van der Waals surface area contributed by atoms with Crippen molar-refractivity contribution in [3.05, 3.63) is 24.3 Å². The molecule has 0 aromatic carbocycles. The lowest BCUT2D eigenvalue weighted by Gasteiger charge is -2.44. The van der Waals surface area contributed by atoms with E-state index >= 15 is 0 Å². The zero-order valence-electron chi connectivity index (χ0n) is 40.9. The number of halogens is 5. The number of alkyl halides is 3. The summed E-state index contributed by atoms with van der Waals surface area (Å²) in [5.74, 6) is -2.16. The summed E-state index contributed by atoms with van der Waals surface area (Å²) < 4.78 is 53.6. The number of amides is 1. The van der Waals surface area contributed by atoms with Crippen molar-refractivity contribution in [3.63, 3.8) is 0 Å². The summed E-state index contributed by atoms with van der Waals surface area (Å²) >= 11 is 2.85. The second kappa shape index (κ2) is 32.7. The Balaban J connectivity index is 0.000000509. The van der Waals surface area contributed by atoms with Gasteiger partial charge in [-0.05, 0) is 102 Å². The summed E-state index contributed by atoms with van der Waals surface area (Å²) in [5.41, 5.74) is 4.93. The minimum atomic E-state index is -5.08. The summed E-state index contributed by atoms with van der Waals surface area (Å²) in [6, 6.07) is -1.24. The number of rotatable bonds is 13. The number of carbonyl (C=O) groups excluding carboxylic acids is 1. The highest BCUT2D eigenvalue weighted by Gasteiger charge is 2.50. The van der Waals surface area contributed by atoms with Gasteiger partial charge in [0, 0.05) is 37.5 Å². The maximum atomic E-state index is 13.2. The highest BCUT2D eigenvalue weighted by Crippen LogP contribution is 2.35. The molecule has 4 saturated heterocycles. The molecule has 4 heterocycles. The fraction of sp³-hybridized carbons (Fsp3) is 0.844. The van der Waals surface area contributed by atoms with Crippen LogP contribution in [-0.2, 0) is 23.9 Å². The summed E-state index contributed by atoms with van der Waals surface area (Å²) in [5, 5.41) is 79.9. The van der Waals surface area contributed by atoms with Crippen LogP contribution in [0.1, 0.15) is 78.1 Å². The third-order valence-electron chi connectivity index (χ3n) is 13.3. The molecule has 18 atom stereocenters. The minimum Gasteiger partial charge on any atom is -0.480 e. The molecule has 0 aromatic rings. The van der Waals surface area contributed by atoms with E-state index in [1.165, 1.54) is 29.8 Å². The van der Waals surface area contributed by atoms with Crippen molar-refractivity contribution < 1.29 is 81.8 Å². The van der Waals surface area contributed by atoms with E-state index in [9.17, 15) is 57.3 Å². The van der Waals surface area contributed by atoms with E-state index in [0.717, 1.165) is 77.3 Å². The number of carbonyl (C=O) groups is 3. The van der Waals surface area contributed by atoms with Crippen LogP contribution in [0.2, 0.25) is 0 Å². The van der Waals surface area contributed by atoms with E-state index in [2.05, 4.69) is 42.3 Å². The lowest BCUT2D eigenvalue weighted by Crippen LogP contribution is -2.64. The van der Waals surface area contributed by atoms with Crippen molar-refractivity contribution in [2.75, 3.05) is 46.0 Å². The zero-order chi connectivity index (χ0) is 52.3. The number of likely N-dealkylation sites (N-methyl/N-ethyl adjacent to an activating group) is 2. The molecule has 70 heavy (non-hydrogen) atoms. The molecule has 6 rings (SSSR count). The molecule has 410 valence electrons. The predicted octanol–water partition coefficient (Wildman–Crippen LogP) is 3.66. The van der Waals surface area contributed by atoms with Gasteiger partial charge in [-0.15, -0.1) is 35.9 Å². The van der Waals surface area contributed by atoms with Gasteiger partial charge in [0.05, 0.1) is 12.1 Å². The fourth-order valence-electron chi connectivity index (χ4n) is 9.66. The van der Waals surface area contributed by atoms with E-state index < -0.39 is 83.9 Å². The number of carboxylic acid groups (broad SMARTS) is 2. The largest absolute Gasteiger partial charge is 0.490 e. The monoisotopic (exact) mass is 1090 g/mol. The molecule has 1 amide bonds. The first kappa shape index (κ1) is 66.5. The molecule has 4 unspecified atom stereocenters. The van der Waals surface area contributed by atoms with Gasteiger partial charge in [0.2, 0.25) is 5.91 Å². The van der Waals surface area contributed by atoms with E-state index in [1.807, 2.05) is 25.1 Å². The lowest BCUT2D eigenvalue weighted by molar-refractivity contribution is -0.207. The molecule has 0 spiro atoms. The number of likely N-dealkylation sites (tertiary alicyclic amines) is 2. The van der Waals surface area contributed by atoms with Crippen molar-refractivity contribution in [1.29, 1.82) is 0 Å². The summed E-state index contributed by atoms with van der Waals surface area (Å²) in [7, 11) is 3.88. The number of ether oxygens (including phenoxy) is 2. The number of aliphatic hydroxyl groups excluding tert-OH is 6. The number of aliphatic carboxylic acids is 2. The standard InChI is InChI=1S/C21H36N2O5S.C12H21NO4S.C9H17NO2.C2HF3O2.CH3FS.ClH/c1-4-7-12-10-14(23(2)11-12)20(27)22-15(13-8-5-6-9-13)19-17(25)16(24)18(26)21(28-19)29-3;1-18-12-10(16)8(14)9(15)11(17-12)7(13)6-4-2-3-5-6;1-3-4-7-5-8(9(11)12)10(2)6-7;3-2(4,5)1(6)7;1-3-2;/h5,8,12-19,21,24-26H,4,6-7,9-11H2,1-3H3,(H,22,27);2,4,6-12,14-16H,3,5,13H2,1H3;7-8H,3-6H2,1-2H3,(H,11,12);(H,6,7);1H3;1H/t12-,13+,14+,15-,16-,17?,18-,19-,21?;6-,7+,8+,9?,10+,11+,12?;7-,8+;;;/m101.../s1. The number of hydrogen-bond donors (Lipinski definition) is 10. The van der Waals surface area contributed by atoms with Crippen LogP contribution >= 0.6 is 48.1 Å². The van der Waals surface area contributed by atoms with Crippen LogP contribution < -0.4 is 11.1 Å². The van der Waals surface area contributed by atoms with Crippen LogP contribution in [0.15, 0.2) is 24.3 Å². The summed E-state index contributed by atoms with van der Waals surface area (Å²) in [6.07, 6.45) is 9.44. The molecular weight excluding hydrogens is 1010 g/mol. The Labute approximate surface area is 428 Å². The molecule has 4 aliphatic heterocycles. The average molecular weight is 1090 g/mol. The molecule has 4 fully saturated rings. The molecular formula is C45H79ClF4N4O13S3. The maximum absolute atomic E-state index is 13.2. The molecule has 0 radical (unpaired) electrons. The number of thioether (sulfide) groups is 2. The van der Waals surface area contributed by atoms with Gasteiger partial charge in [-0.3, -0.25) is 19.4 Å². The van der Waals surface area contributed by atoms with E-state index in [1.54, 1.807) is 12.5 Å². The molecule has 2 aliphatic carbocycles. The molecule has 0 aromatic heterocycles. The Morgan fingerprint density at radius 2 is 1.13 bits per heavy atom. The number of hydrogen-bond acceptors (Lipinski definition) is 17. The lowest BCUT2D eigenvalue weighted by atomic mass is 9.86. The number of allylic oxidation sites excluding steroid dienone is 2.